The van der Waals surface area contributed by atoms with Gasteiger partial charge in [-0.15, -0.1) is 0 Å². The van der Waals surface area contributed by atoms with Crippen LogP contribution in [0.15, 0.2) is 42.9 Å². The molecular formula is C26H37N7O2. The minimum absolute atomic E-state index is 0.0615. The van der Waals surface area contributed by atoms with Gasteiger partial charge < -0.3 is 19.4 Å². The van der Waals surface area contributed by atoms with Crippen LogP contribution in [0.4, 0.5) is 5.69 Å². The normalized spacial score (nSPS) is 25.3. The van der Waals surface area contributed by atoms with Crippen molar-refractivity contribution in [2.45, 2.75) is 44.3 Å². The van der Waals surface area contributed by atoms with Gasteiger partial charge in [0.05, 0.1) is 17.8 Å². The molecule has 0 radical (unpaired) electrons. The average Bonchev–Trinajstić information content (AvgIpc) is 2.89. The molecule has 2 aromatic rings. The summed E-state index contributed by atoms with van der Waals surface area (Å²) in [5.74, 6) is 0.0615. The predicted octanol–water partition coefficient (Wildman–Crippen LogP) is 1.69. The highest BCUT2D eigenvalue weighted by Gasteiger charge is 2.35. The van der Waals surface area contributed by atoms with Gasteiger partial charge >= 0.3 is 0 Å². The number of piperazine rings is 1. The quantitative estimate of drug-likeness (QED) is 0.671. The largest absolute Gasteiger partial charge is 0.371 e. The van der Waals surface area contributed by atoms with E-state index in [0.29, 0.717) is 6.42 Å². The second kappa shape index (κ2) is 11.0. The number of benzene rings is 1. The predicted molar refractivity (Wildman–Crippen MR) is 135 cm³/mol. The van der Waals surface area contributed by atoms with Crippen LogP contribution in [0.25, 0.3) is 0 Å². The molecule has 3 saturated heterocycles. The van der Waals surface area contributed by atoms with Crippen molar-refractivity contribution in [2.24, 2.45) is 0 Å². The Morgan fingerprint density at radius 1 is 1.00 bits per heavy atom. The fourth-order valence-electron chi connectivity index (χ4n) is 5.13. The van der Waals surface area contributed by atoms with Crippen molar-refractivity contribution in [3.8, 4) is 0 Å². The van der Waals surface area contributed by atoms with Gasteiger partial charge in [-0.25, -0.2) is 9.97 Å². The number of rotatable bonds is 6. The molecule has 2 atom stereocenters. The Morgan fingerprint density at radius 3 is 2.43 bits per heavy atom. The maximum absolute atomic E-state index is 12.6. The Hall–Kier alpha value is -2.59. The molecule has 5 rings (SSSR count). The van der Waals surface area contributed by atoms with Crippen LogP contribution in [-0.2, 0) is 16.1 Å². The lowest BCUT2D eigenvalue weighted by Gasteiger charge is -2.41. The number of anilines is 1. The highest BCUT2D eigenvalue weighted by atomic mass is 16.5. The van der Waals surface area contributed by atoms with Gasteiger partial charge in [-0.2, -0.15) is 0 Å². The summed E-state index contributed by atoms with van der Waals surface area (Å²) < 4.78 is 6.38. The topological polar surface area (TPSA) is 77.1 Å². The van der Waals surface area contributed by atoms with E-state index in [4.69, 9.17) is 4.74 Å². The number of ether oxygens (including phenoxy) is 1. The minimum Gasteiger partial charge on any atom is -0.371 e. The zero-order valence-electron chi connectivity index (χ0n) is 20.8. The average molecular weight is 480 g/mol. The fourth-order valence-corrected chi connectivity index (χ4v) is 5.13. The first-order valence-electron chi connectivity index (χ1n) is 12.7. The molecule has 0 spiro atoms. The van der Waals surface area contributed by atoms with Crippen LogP contribution < -0.4 is 10.2 Å². The molecule has 3 aliphatic rings. The molecule has 35 heavy (non-hydrogen) atoms. The Balaban J connectivity index is 1.11. The van der Waals surface area contributed by atoms with Crippen molar-refractivity contribution < 1.29 is 9.53 Å². The summed E-state index contributed by atoms with van der Waals surface area (Å²) >= 11 is 0. The maximum atomic E-state index is 12.6. The first kappa shape index (κ1) is 24.1. The summed E-state index contributed by atoms with van der Waals surface area (Å²) in [6.45, 7) is 7.50. The van der Waals surface area contributed by atoms with E-state index in [1.807, 2.05) is 6.07 Å². The van der Waals surface area contributed by atoms with Crippen LogP contribution in [0, 0.1) is 0 Å². The number of hydrogen-bond acceptors (Lipinski definition) is 8. The number of nitrogens with zero attached hydrogens (tertiary/aromatic N) is 6. The Morgan fingerprint density at radius 2 is 1.74 bits per heavy atom. The van der Waals surface area contributed by atoms with Gasteiger partial charge in [0.15, 0.2) is 6.35 Å². The Kier molecular flexibility index (Phi) is 7.57. The molecule has 0 bridgehead atoms. The summed E-state index contributed by atoms with van der Waals surface area (Å²) in [5, 5.41) is 3.45. The second-order valence-corrected chi connectivity index (χ2v) is 9.98. The molecule has 0 saturated carbocycles. The highest BCUT2D eigenvalue weighted by Crippen LogP contribution is 2.26. The summed E-state index contributed by atoms with van der Waals surface area (Å²) in [6, 6.07) is 10.8. The molecule has 0 aliphatic carbocycles. The van der Waals surface area contributed by atoms with Gasteiger partial charge in [-0.1, -0.05) is 12.1 Å². The first-order valence-corrected chi connectivity index (χ1v) is 12.7. The lowest BCUT2D eigenvalue weighted by Crippen LogP contribution is -2.56. The number of likely N-dealkylation sites (N-methyl/N-ethyl adjacent to an activating group) is 1. The summed E-state index contributed by atoms with van der Waals surface area (Å²) in [4.78, 5) is 29.9. The number of carbonyl (C=O) groups is 1. The number of hydrogen-bond donors (Lipinski definition) is 1. The maximum Gasteiger partial charge on any atom is 0.227 e. The van der Waals surface area contributed by atoms with Gasteiger partial charge in [0, 0.05) is 71.2 Å². The summed E-state index contributed by atoms with van der Waals surface area (Å²) in [7, 11) is 4.00. The molecule has 1 N–H and O–H groups in total. The molecule has 4 heterocycles. The molecule has 1 aromatic carbocycles. The zero-order chi connectivity index (χ0) is 24.2. The van der Waals surface area contributed by atoms with Crippen molar-refractivity contribution in [3.05, 3.63) is 54.1 Å². The number of aromatic nitrogens is 2. The van der Waals surface area contributed by atoms with Gasteiger partial charge in [-0.3, -0.25) is 15.0 Å². The van der Waals surface area contributed by atoms with Crippen molar-refractivity contribution in [1.29, 1.82) is 0 Å². The van der Waals surface area contributed by atoms with E-state index >= 15 is 0 Å². The standard InChI is InChI=1S/C26H37N7O2/c1-30-13-15-32(16-14-30)18-20-3-5-21(6-4-20)33-11-8-22(9-12-33)35-26-29-24(17-25(34)31(26)2)23-7-10-27-19-28-23/h3-7,10,19,22,24,26,29H,8-9,11-18H2,1-2H3. The van der Waals surface area contributed by atoms with Crippen LogP contribution in [0.5, 0.6) is 0 Å². The molecule has 9 heteroatoms. The van der Waals surface area contributed by atoms with Gasteiger partial charge in [0.1, 0.15) is 6.33 Å². The number of nitrogens with one attached hydrogen (secondary N) is 1. The molecular weight excluding hydrogens is 442 g/mol. The number of carbonyl (C=O) groups excluding carboxylic acids is 1. The molecule has 3 fully saturated rings. The van der Waals surface area contributed by atoms with Gasteiger partial charge in [0.2, 0.25) is 5.91 Å². The molecule has 1 aromatic heterocycles. The Bertz CT molecular complexity index is 957. The van der Waals surface area contributed by atoms with Gasteiger partial charge in [0.25, 0.3) is 0 Å². The number of amides is 1. The fraction of sp³-hybridized carbons (Fsp3) is 0.577. The smallest absolute Gasteiger partial charge is 0.227 e. The van der Waals surface area contributed by atoms with E-state index in [0.717, 1.165) is 64.3 Å². The third-order valence-corrected chi connectivity index (χ3v) is 7.50. The van der Waals surface area contributed by atoms with Crippen LogP contribution in [0.1, 0.15) is 36.6 Å². The lowest BCUT2D eigenvalue weighted by atomic mass is 10.1. The first-order chi connectivity index (χ1) is 17.0. The van der Waals surface area contributed by atoms with Crippen LogP contribution >= 0.6 is 0 Å². The van der Waals surface area contributed by atoms with Crippen LogP contribution in [0.3, 0.4) is 0 Å². The molecule has 3 aliphatic heterocycles. The lowest BCUT2D eigenvalue weighted by molar-refractivity contribution is -0.167. The van der Waals surface area contributed by atoms with Crippen LogP contribution in [-0.4, -0.2) is 96.4 Å². The summed E-state index contributed by atoms with van der Waals surface area (Å²) in [6.07, 6.45) is 5.13. The number of piperidine rings is 1. The molecule has 9 nitrogen and oxygen atoms in total. The third kappa shape index (κ3) is 5.98. The van der Waals surface area contributed by atoms with Crippen molar-refractivity contribution in [2.75, 3.05) is 58.3 Å². The molecule has 188 valence electrons. The van der Waals surface area contributed by atoms with Crippen molar-refractivity contribution in [1.82, 2.24) is 30.0 Å². The van der Waals surface area contributed by atoms with Crippen molar-refractivity contribution in [3.63, 3.8) is 0 Å². The van der Waals surface area contributed by atoms with E-state index in [-0.39, 0.29) is 18.1 Å². The SMILES string of the molecule is CN1CCN(Cc2ccc(N3CCC(OC4NC(c5ccncn5)CC(=O)N4C)CC3)cc2)CC1. The van der Waals surface area contributed by atoms with E-state index in [2.05, 4.69) is 61.3 Å². The molecule has 1 amide bonds. The second-order valence-electron chi connectivity index (χ2n) is 9.98. The highest BCUT2D eigenvalue weighted by molar-refractivity contribution is 5.77. The summed E-state index contributed by atoms with van der Waals surface area (Å²) in [5.41, 5.74) is 3.48. The van der Waals surface area contributed by atoms with Gasteiger partial charge in [-0.05, 0) is 43.7 Å². The van der Waals surface area contributed by atoms with E-state index in [9.17, 15) is 4.79 Å². The van der Waals surface area contributed by atoms with E-state index < -0.39 is 6.35 Å². The van der Waals surface area contributed by atoms with Crippen LogP contribution in [0.2, 0.25) is 0 Å². The monoisotopic (exact) mass is 479 g/mol. The third-order valence-electron chi connectivity index (χ3n) is 7.50. The molecule has 2 unspecified atom stereocenters. The van der Waals surface area contributed by atoms with Crippen molar-refractivity contribution >= 4 is 11.6 Å². The van der Waals surface area contributed by atoms with E-state index in [1.54, 1.807) is 18.1 Å². The Labute approximate surface area is 208 Å². The minimum atomic E-state index is -0.443. The zero-order valence-corrected chi connectivity index (χ0v) is 20.8. The van der Waals surface area contributed by atoms with E-state index in [1.165, 1.54) is 17.6 Å².